The SMILES string of the molecule is CC[C@]1(c2ccccc2)NC(=O)N(CC(=O)Nc2ccc(S(=O)(=O)Nc3ncccn3)cc2)C1=O. The molecule has 0 radical (unpaired) electrons. The van der Waals surface area contributed by atoms with Crippen LogP contribution in [0.4, 0.5) is 16.4 Å². The number of carbonyl (C=O) groups excluding carboxylic acids is 3. The van der Waals surface area contributed by atoms with Crippen molar-refractivity contribution in [2.45, 2.75) is 23.8 Å². The average molecular weight is 495 g/mol. The molecule has 3 N–H and O–H groups in total. The molecule has 35 heavy (non-hydrogen) atoms. The van der Waals surface area contributed by atoms with E-state index in [0.29, 0.717) is 17.7 Å². The zero-order chi connectivity index (χ0) is 25.1. The first-order chi connectivity index (χ1) is 16.7. The van der Waals surface area contributed by atoms with E-state index in [1.165, 1.54) is 36.7 Å². The number of sulfonamides is 1. The van der Waals surface area contributed by atoms with Crippen molar-refractivity contribution >= 4 is 39.5 Å². The highest BCUT2D eigenvalue weighted by Crippen LogP contribution is 2.32. The monoisotopic (exact) mass is 494 g/mol. The van der Waals surface area contributed by atoms with E-state index in [4.69, 9.17) is 0 Å². The number of rotatable bonds is 8. The zero-order valence-electron chi connectivity index (χ0n) is 18.6. The smallest absolute Gasteiger partial charge is 0.325 e. The summed E-state index contributed by atoms with van der Waals surface area (Å²) in [7, 11) is -3.93. The van der Waals surface area contributed by atoms with Crippen molar-refractivity contribution in [1.82, 2.24) is 20.2 Å². The molecule has 2 aromatic carbocycles. The van der Waals surface area contributed by atoms with Gasteiger partial charge in [0.1, 0.15) is 12.1 Å². The summed E-state index contributed by atoms with van der Waals surface area (Å²) in [6.07, 6.45) is 3.12. The van der Waals surface area contributed by atoms with Gasteiger partial charge in [-0.2, -0.15) is 0 Å². The molecule has 11 nitrogen and oxygen atoms in total. The van der Waals surface area contributed by atoms with Gasteiger partial charge >= 0.3 is 6.03 Å². The Morgan fingerprint density at radius 1 is 1.00 bits per heavy atom. The second-order valence-corrected chi connectivity index (χ2v) is 9.38. The second kappa shape index (κ2) is 9.50. The molecule has 1 aromatic heterocycles. The maximum absolute atomic E-state index is 13.1. The number of amides is 4. The fourth-order valence-electron chi connectivity index (χ4n) is 3.72. The van der Waals surface area contributed by atoms with Crippen LogP contribution in [-0.4, -0.2) is 47.7 Å². The van der Waals surface area contributed by atoms with Crippen molar-refractivity contribution in [3.8, 4) is 0 Å². The van der Waals surface area contributed by atoms with Crippen LogP contribution >= 0.6 is 0 Å². The lowest BCUT2D eigenvalue weighted by Gasteiger charge is -2.25. The van der Waals surface area contributed by atoms with Crippen molar-refractivity contribution < 1.29 is 22.8 Å². The van der Waals surface area contributed by atoms with Gasteiger partial charge in [-0.3, -0.25) is 14.5 Å². The average Bonchev–Trinajstić information content (AvgIpc) is 3.10. The minimum atomic E-state index is -3.93. The van der Waals surface area contributed by atoms with Crippen molar-refractivity contribution in [2.75, 3.05) is 16.6 Å². The van der Waals surface area contributed by atoms with Gasteiger partial charge in [-0.15, -0.1) is 0 Å². The number of imide groups is 1. The van der Waals surface area contributed by atoms with Crippen LogP contribution in [0.3, 0.4) is 0 Å². The maximum Gasteiger partial charge on any atom is 0.325 e. The quantitative estimate of drug-likeness (QED) is 0.406. The van der Waals surface area contributed by atoms with Crippen LogP contribution in [-0.2, 0) is 25.2 Å². The molecule has 1 atom stereocenters. The van der Waals surface area contributed by atoms with Gasteiger partial charge in [-0.1, -0.05) is 37.3 Å². The van der Waals surface area contributed by atoms with Gasteiger partial charge in [0.15, 0.2) is 0 Å². The summed E-state index contributed by atoms with van der Waals surface area (Å²) in [5.74, 6) is -1.20. The molecule has 4 rings (SSSR count). The van der Waals surface area contributed by atoms with E-state index in [1.54, 1.807) is 43.3 Å². The zero-order valence-corrected chi connectivity index (χ0v) is 19.5. The Balaban J connectivity index is 1.42. The van der Waals surface area contributed by atoms with E-state index in [1.807, 2.05) is 0 Å². The molecule has 1 saturated heterocycles. The summed E-state index contributed by atoms with van der Waals surface area (Å²) in [4.78, 5) is 46.7. The van der Waals surface area contributed by atoms with Crippen LogP contribution in [0.5, 0.6) is 0 Å². The Kier molecular flexibility index (Phi) is 6.47. The number of anilines is 2. The van der Waals surface area contributed by atoms with Crippen LogP contribution in [0.15, 0.2) is 78.0 Å². The van der Waals surface area contributed by atoms with Gasteiger partial charge in [0.05, 0.1) is 4.90 Å². The Bertz CT molecular complexity index is 1350. The molecule has 0 spiro atoms. The van der Waals surface area contributed by atoms with Crippen LogP contribution in [0.2, 0.25) is 0 Å². The third-order valence-electron chi connectivity index (χ3n) is 5.51. The number of benzene rings is 2. The van der Waals surface area contributed by atoms with Gasteiger partial charge in [-0.25, -0.2) is 27.9 Å². The summed E-state index contributed by atoms with van der Waals surface area (Å²) < 4.78 is 27.2. The lowest BCUT2D eigenvalue weighted by atomic mass is 9.87. The highest BCUT2D eigenvalue weighted by Gasteiger charge is 2.51. The standard InChI is InChI=1S/C23H22N6O5S/c1-2-23(16-7-4-3-5-8-16)20(31)29(22(32)27-23)15-19(30)26-17-9-11-18(12-10-17)35(33,34)28-21-24-13-6-14-25-21/h3-14H,2,15H2,1H3,(H,26,30)(H,27,32)(H,24,25,28)/t23-/m1/s1. The van der Waals surface area contributed by atoms with Crippen LogP contribution < -0.4 is 15.4 Å². The number of carbonyl (C=O) groups is 3. The lowest BCUT2D eigenvalue weighted by molar-refractivity contribution is -0.134. The molecule has 1 aliphatic heterocycles. The molecule has 12 heteroatoms. The molecule has 3 aromatic rings. The van der Waals surface area contributed by atoms with Gasteiger partial charge in [-0.05, 0) is 42.3 Å². The molecule has 1 aliphatic rings. The topological polar surface area (TPSA) is 150 Å². The number of hydrogen-bond acceptors (Lipinski definition) is 7. The summed E-state index contributed by atoms with van der Waals surface area (Å²) in [6, 6.07) is 15.1. The molecule has 0 bridgehead atoms. The molecule has 2 heterocycles. The summed E-state index contributed by atoms with van der Waals surface area (Å²) in [6.45, 7) is 1.29. The summed E-state index contributed by atoms with van der Waals surface area (Å²) >= 11 is 0. The first kappa shape index (κ1) is 23.8. The van der Waals surface area contributed by atoms with E-state index in [0.717, 1.165) is 4.90 Å². The Hall–Kier alpha value is -4.32. The van der Waals surface area contributed by atoms with Crippen molar-refractivity contribution in [1.29, 1.82) is 0 Å². The second-order valence-electron chi connectivity index (χ2n) is 7.70. The predicted octanol–water partition coefficient (Wildman–Crippen LogP) is 2.07. The minimum absolute atomic E-state index is 0.0624. The van der Waals surface area contributed by atoms with Crippen molar-refractivity contribution in [3.63, 3.8) is 0 Å². The number of hydrogen-bond donors (Lipinski definition) is 3. The van der Waals surface area contributed by atoms with E-state index >= 15 is 0 Å². The van der Waals surface area contributed by atoms with E-state index in [9.17, 15) is 22.8 Å². The lowest BCUT2D eigenvalue weighted by Crippen LogP contribution is -2.44. The first-order valence-electron chi connectivity index (χ1n) is 10.6. The number of aromatic nitrogens is 2. The number of nitrogens with zero attached hydrogens (tertiary/aromatic N) is 3. The highest BCUT2D eigenvalue weighted by molar-refractivity contribution is 7.92. The largest absolute Gasteiger partial charge is 0.325 e. The normalized spacial score (nSPS) is 17.7. The Labute approximate surface area is 201 Å². The molecule has 0 unspecified atom stereocenters. The van der Waals surface area contributed by atoms with Crippen molar-refractivity contribution in [2.24, 2.45) is 0 Å². The molecule has 0 saturated carbocycles. The first-order valence-corrected chi connectivity index (χ1v) is 12.1. The molecule has 180 valence electrons. The summed E-state index contributed by atoms with van der Waals surface area (Å²) in [5.41, 5.74) is -0.304. The molecule has 0 aliphatic carbocycles. The summed E-state index contributed by atoms with van der Waals surface area (Å²) in [5, 5.41) is 5.29. The van der Waals surface area contributed by atoms with Crippen molar-refractivity contribution in [3.05, 3.63) is 78.6 Å². The van der Waals surface area contributed by atoms with E-state index in [2.05, 4.69) is 25.3 Å². The van der Waals surface area contributed by atoms with Gasteiger partial charge in [0.25, 0.3) is 15.9 Å². The Morgan fingerprint density at radius 3 is 2.29 bits per heavy atom. The molecule has 1 fully saturated rings. The van der Waals surface area contributed by atoms with E-state index in [-0.39, 0.29) is 10.8 Å². The van der Waals surface area contributed by atoms with Gasteiger partial charge < -0.3 is 10.6 Å². The van der Waals surface area contributed by atoms with Gasteiger partial charge in [0, 0.05) is 18.1 Å². The third kappa shape index (κ3) is 4.82. The molecular weight excluding hydrogens is 472 g/mol. The fraction of sp³-hybridized carbons (Fsp3) is 0.174. The van der Waals surface area contributed by atoms with Crippen LogP contribution in [0.25, 0.3) is 0 Å². The van der Waals surface area contributed by atoms with Crippen LogP contribution in [0.1, 0.15) is 18.9 Å². The van der Waals surface area contributed by atoms with Gasteiger partial charge in [0.2, 0.25) is 11.9 Å². The molecule has 4 amide bonds. The number of urea groups is 1. The van der Waals surface area contributed by atoms with Crippen LogP contribution in [0, 0.1) is 0 Å². The fourth-order valence-corrected chi connectivity index (χ4v) is 4.68. The highest BCUT2D eigenvalue weighted by atomic mass is 32.2. The predicted molar refractivity (Wildman–Crippen MR) is 127 cm³/mol. The van der Waals surface area contributed by atoms with E-state index < -0.39 is 40.0 Å². The third-order valence-corrected chi connectivity index (χ3v) is 6.86. The number of nitrogens with one attached hydrogen (secondary N) is 3. The minimum Gasteiger partial charge on any atom is -0.325 e. The molecular formula is C23H22N6O5S. The maximum atomic E-state index is 13.1. The Morgan fingerprint density at radius 2 is 1.66 bits per heavy atom.